The summed E-state index contributed by atoms with van der Waals surface area (Å²) in [4.78, 5) is 2.34. The van der Waals surface area contributed by atoms with E-state index in [1.807, 2.05) is 12.1 Å². The van der Waals surface area contributed by atoms with E-state index in [1.165, 1.54) is 5.69 Å². The molecule has 0 spiro atoms. The van der Waals surface area contributed by atoms with Gasteiger partial charge in [-0.15, -0.1) is 0 Å². The van der Waals surface area contributed by atoms with Crippen molar-refractivity contribution in [3.05, 3.63) is 24.3 Å². The van der Waals surface area contributed by atoms with Gasteiger partial charge in [0.25, 0.3) is 0 Å². The van der Waals surface area contributed by atoms with Gasteiger partial charge in [0.05, 0.1) is 12.2 Å². The van der Waals surface area contributed by atoms with Gasteiger partial charge in [-0.1, -0.05) is 0 Å². The summed E-state index contributed by atoms with van der Waals surface area (Å²) in [5.74, 6) is 5.22. The predicted octanol–water partition coefficient (Wildman–Crippen LogP) is 1.46. The second-order valence-electron chi connectivity index (χ2n) is 4.81. The van der Waals surface area contributed by atoms with Crippen LogP contribution >= 0.6 is 12.2 Å². The molecule has 2 rings (SSSR count). The van der Waals surface area contributed by atoms with E-state index in [1.54, 1.807) is 0 Å². The first-order chi connectivity index (χ1) is 9.08. The van der Waals surface area contributed by atoms with Crippen LogP contribution in [0.5, 0.6) is 0 Å². The fraction of sp³-hybridized carbons (Fsp3) is 0.462. The van der Waals surface area contributed by atoms with E-state index < -0.39 is 0 Å². The number of hydrazine groups is 1. The monoisotopic (exact) mass is 280 g/mol. The predicted molar refractivity (Wildman–Crippen MR) is 82.2 cm³/mol. The Morgan fingerprint density at radius 2 is 1.84 bits per heavy atom. The second kappa shape index (κ2) is 6.18. The number of thiocarbonyl (C=S) groups is 1. The van der Waals surface area contributed by atoms with Gasteiger partial charge in [-0.3, -0.25) is 0 Å². The Bertz CT molecular complexity index is 427. The molecule has 1 aromatic rings. The third kappa shape index (κ3) is 3.79. The van der Waals surface area contributed by atoms with Gasteiger partial charge in [0.15, 0.2) is 5.11 Å². The Kier molecular flexibility index (Phi) is 4.57. The van der Waals surface area contributed by atoms with Crippen LogP contribution in [0.1, 0.15) is 13.8 Å². The summed E-state index contributed by atoms with van der Waals surface area (Å²) in [5.41, 5.74) is 4.51. The third-order valence-corrected chi connectivity index (χ3v) is 3.26. The number of hydrogen-bond acceptors (Lipinski definition) is 4. The van der Waals surface area contributed by atoms with Gasteiger partial charge in [-0.05, 0) is 50.3 Å². The summed E-state index contributed by atoms with van der Waals surface area (Å²) in [6.45, 7) is 6.04. The largest absolute Gasteiger partial charge is 0.372 e. The lowest BCUT2D eigenvalue weighted by atomic mass is 10.2. The first kappa shape index (κ1) is 14.0. The lowest BCUT2D eigenvalue weighted by molar-refractivity contribution is -0.00521. The highest BCUT2D eigenvalue weighted by atomic mass is 32.1. The number of nitrogens with one attached hydrogen (secondary N) is 2. The molecule has 6 heteroatoms. The average Bonchev–Trinajstić information content (AvgIpc) is 2.38. The highest BCUT2D eigenvalue weighted by Gasteiger charge is 2.22. The quantitative estimate of drug-likeness (QED) is 0.433. The molecule has 0 amide bonds. The van der Waals surface area contributed by atoms with E-state index in [0.29, 0.717) is 5.11 Å². The van der Waals surface area contributed by atoms with Crippen molar-refractivity contribution in [2.75, 3.05) is 23.3 Å². The van der Waals surface area contributed by atoms with Crippen molar-refractivity contribution in [2.45, 2.75) is 26.1 Å². The summed E-state index contributed by atoms with van der Waals surface area (Å²) in [7, 11) is 0. The van der Waals surface area contributed by atoms with Crippen LogP contribution in [0.2, 0.25) is 0 Å². The molecule has 0 saturated carbocycles. The third-order valence-electron chi connectivity index (χ3n) is 3.04. The molecule has 0 bridgehead atoms. The van der Waals surface area contributed by atoms with Crippen molar-refractivity contribution in [1.82, 2.24) is 5.43 Å². The molecule has 104 valence electrons. The van der Waals surface area contributed by atoms with Crippen molar-refractivity contribution in [3.8, 4) is 0 Å². The van der Waals surface area contributed by atoms with Crippen LogP contribution in [0.25, 0.3) is 0 Å². The van der Waals surface area contributed by atoms with Crippen molar-refractivity contribution in [1.29, 1.82) is 0 Å². The van der Waals surface area contributed by atoms with Gasteiger partial charge in [0, 0.05) is 24.5 Å². The van der Waals surface area contributed by atoms with Gasteiger partial charge < -0.3 is 20.4 Å². The van der Waals surface area contributed by atoms with Gasteiger partial charge in [0.2, 0.25) is 0 Å². The van der Waals surface area contributed by atoms with Gasteiger partial charge in [-0.25, -0.2) is 5.84 Å². The molecule has 19 heavy (non-hydrogen) atoms. The van der Waals surface area contributed by atoms with E-state index >= 15 is 0 Å². The molecule has 4 N–H and O–H groups in total. The molecule has 1 aromatic carbocycles. The molecule has 0 aliphatic carbocycles. The Labute approximate surface area is 119 Å². The maximum absolute atomic E-state index is 5.74. The van der Waals surface area contributed by atoms with E-state index in [-0.39, 0.29) is 12.2 Å². The summed E-state index contributed by atoms with van der Waals surface area (Å²) in [6.07, 6.45) is 0.520. The van der Waals surface area contributed by atoms with Crippen LogP contribution in [-0.2, 0) is 4.74 Å². The lowest BCUT2D eigenvalue weighted by Gasteiger charge is -2.36. The number of hydrogen-bond donors (Lipinski definition) is 3. The minimum atomic E-state index is 0.260. The fourth-order valence-corrected chi connectivity index (χ4v) is 2.43. The molecule has 5 nitrogen and oxygen atoms in total. The Morgan fingerprint density at radius 3 is 2.37 bits per heavy atom. The van der Waals surface area contributed by atoms with E-state index in [2.05, 4.69) is 41.6 Å². The van der Waals surface area contributed by atoms with Gasteiger partial charge in [0.1, 0.15) is 0 Å². The number of nitrogens with two attached hydrogens (primary N) is 1. The number of benzene rings is 1. The van der Waals surface area contributed by atoms with Crippen LogP contribution in [0, 0.1) is 0 Å². The minimum absolute atomic E-state index is 0.260. The zero-order valence-corrected chi connectivity index (χ0v) is 12.0. The summed E-state index contributed by atoms with van der Waals surface area (Å²) in [5, 5.41) is 3.40. The van der Waals surface area contributed by atoms with Crippen LogP contribution in [0.15, 0.2) is 24.3 Å². The molecule has 1 aliphatic heterocycles. The molecule has 0 radical (unpaired) electrons. The smallest absolute Gasteiger partial charge is 0.185 e. The maximum atomic E-state index is 5.74. The van der Waals surface area contributed by atoms with E-state index in [9.17, 15) is 0 Å². The summed E-state index contributed by atoms with van der Waals surface area (Å²) >= 11 is 4.95. The lowest BCUT2D eigenvalue weighted by Crippen LogP contribution is -2.45. The van der Waals surface area contributed by atoms with E-state index in [4.69, 9.17) is 22.8 Å². The molecule has 2 atom stereocenters. The Hall–Kier alpha value is -1.37. The van der Waals surface area contributed by atoms with Crippen molar-refractivity contribution in [3.63, 3.8) is 0 Å². The molecule has 0 aromatic heterocycles. The first-order valence-corrected chi connectivity index (χ1v) is 6.77. The van der Waals surface area contributed by atoms with Crippen molar-refractivity contribution >= 4 is 28.7 Å². The molecular formula is C13H20N4OS. The zero-order chi connectivity index (χ0) is 13.8. The standard InChI is InChI=1S/C13H20N4OS/c1-9-7-17(8-10(2)18-9)12-5-3-11(4-6-12)15-13(19)16-14/h3-6,9-10H,7-8,14H2,1-2H3,(H2,15,16,19)/t9-,10-/m0/s1. The molecular weight excluding hydrogens is 260 g/mol. The fourth-order valence-electron chi connectivity index (χ4n) is 2.31. The number of ether oxygens (including phenoxy) is 1. The number of morpholine rings is 1. The van der Waals surface area contributed by atoms with Gasteiger partial charge >= 0.3 is 0 Å². The van der Waals surface area contributed by atoms with Crippen LogP contribution < -0.4 is 21.5 Å². The topological polar surface area (TPSA) is 62.5 Å². The van der Waals surface area contributed by atoms with E-state index in [0.717, 1.165) is 18.8 Å². The number of anilines is 2. The van der Waals surface area contributed by atoms with Crippen LogP contribution in [0.4, 0.5) is 11.4 Å². The number of nitrogens with zero attached hydrogens (tertiary/aromatic N) is 1. The molecule has 1 heterocycles. The summed E-state index contributed by atoms with van der Waals surface area (Å²) in [6, 6.07) is 8.13. The Morgan fingerprint density at radius 1 is 1.26 bits per heavy atom. The maximum Gasteiger partial charge on any atom is 0.185 e. The van der Waals surface area contributed by atoms with Crippen molar-refractivity contribution in [2.24, 2.45) is 5.84 Å². The van der Waals surface area contributed by atoms with Crippen molar-refractivity contribution < 1.29 is 4.74 Å². The number of rotatable bonds is 2. The van der Waals surface area contributed by atoms with Crippen LogP contribution in [-0.4, -0.2) is 30.4 Å². The Balaban J connectivity index is 2.03. The molecule has 1 saturated heterocycles. The average molecular weight is 280 g/mol. The molecule has 1 aliphatic rings. The normalized spacial score (nSPS) is 23.0. The van der Waals surface area contributed by atoms with Crippen LogP contribution in [0.3, 0.4) is 0 Å². The first-order valence-electron chi connectivity index (χ1n) is 6.36. The minimum Gasteiger partial charge on any atom is -0.372 e. The highest BCUT2D eigenvalue weighted by Crippen LogP contribution is 2.22. The van der Waals surface area contributed by atoms with Gasteiger partial charge in [-0.2, -0.15) is 0 Å². The molecule has 0 unspecified atom stereocenters. The SMILES string of the molecule is C[C@H]1CN(c2ccc(NC(=S)NN)cc2)C[C@H](C)O1. The second-order valence-corrected chi connectivity index (χ2v) is 5.22. The molecule has 1 fully saturated rings. The zero-order valence-electron chi connectivity index (χ0n) is 11.2. The summed E-state index contributed by atoms with van der Waals surface area (Å²) < 4.78 is 5.74. The highest BCUT2D eigenvalue weighted by molar-refractivity contribution is 7.80.